The van der Waals surface area contributed by atoms with Crippen molar-refractivity contribution in [3.63, 3.8) is 0 Å². The molecule has 14 heteroatoms. The van der Waals surface area contributed by atoms with Gasteiger partial charge in [-0.25, -0.2) is 18.2 Å². The third-order valence-electron chi connectivity index (χ3n) is 5.56. The highest BCUT2D eigenvalue weighted by Gasteiger charge is 2.48. The lowest BCUT2D eigenvalue weighted by Gasteiger charge is -2.42. The monoisotopic (exact) mass is 491 g/mol. The van der Waals surface area contributed by atoms with E-state index in [4.69, 9.17) is 4.42 Å². The first-order valence-corrected chi connectivity index (χ1v) is 10.3. The van der Waals surface area contributed by atoms with Gasteiger partial charge in [0.2, 0.25) is 11.8 Å². The molecule has 2 aromatic rings. The van der Waals surface area contributed by atoms with Crippen LogP contribution in [0.15, 0.2) is 22.6 Å². The summed E-state index contributed by atoms with van der Waals surface area (Å²) < 4.78 is 84.2. The van der Waals surface area contributed by atoms with Crippen molar-refractivity contribution in [1.82, 2.24) is 25.5 Å². The van der Waals surface area contributed by atoms with E-state index in [-0.39, 0.29) is 23.9 Å². The zero-order valence-electron chi connectivity index (χ0n) is 17.7. The summed E-state index contributed by atoms with van der Waals surface area (Å²) in [6, 6.07) is 2.85. The van der Waals surface area contributed by atoms with Crippen molar-refractivity contribution in [2.45, 2.75) is 50.6 Å². The molecule has 2 amide bonds. The molecule has 1 aromatic heterocycles. The van der Waals surface area contributed by atoms with E-state index < -0.39 is 62.1 Å². The van der Waals surface area contributed by atoms with Crippen molar-refractivity contribution in [3.05, 3.63) is 35.2 Å². The van der Waals surface area contributed by atoms with Crippen LogP contribution in [-0.2, 0) is 11.3 Å². The van der Waals surface area contributed by atoms with Gasteiger partial charge in [0, 0.05) is 30.5 Å². The van der Waals surface area contributed by atoms with Crippen LogP contribution in [0.5, 0.6) is 0 Å². The number of fused-ring (bicyclic) bond motifs is 1. The smallest absolute Gasteiger partial charge is 0.405 e. The highest BCUT2D eigenvalue weighted by atomic mass is 19.4. The summed E-state index contributed by atoms with van der Waals surface area (Å²) in [7, 11) is 0. The zero-order valence-corrected chi connectivity index (χ0v) is 17.7. The van der Waals surface area contributed by atoms with Gasteiger partial charge in [0.15, 0.2) is 6.17 Å². The Hall–Kier alpha value is -3.16. The predicted octanol–water partition coefficient (Wildman–Crippen LogP) is 3.42. The second-order valence-electron chi connectivity index (χ2n) is 8.12. The molecular weight excluding hydrogens is 472 g/mol. The lowest BCUT2D eigenvalue weighted by atomic mass is 9.99. The van der Waals surface area contributed by atoms with Crippen LogP contribution < -0.4 is 5.32 Å². The molecule has 1 aromatic carbocycles. The van der Waals surface area contributed by atoms with Gasteiger partial charge in [0.05, 0.1) is 6.54 Å². The van der Waals surface area contributed by atoms with E-state index in [0.29, 0.717) is 11.1 Å². The number of benzene rings is 1. The third kappa shape index (κ3) is 4.86. The summed E-state index contributed by atoms with van der Waals surface area (Å²) in [5.41, 5.74) is 0.981. The number of rotatable bonds is 5. The first-order valence-electron chi connectivity index (χ1n) is 10.3. The number of carbonyl (C=O) groups excluding carboxylic acids is 2. The second-order valence-corrected chi connectivity index (χ2v) is 8.12. The molecular formula is C20H19F6N5O3. The van der Waals surface area contributed by atoms with Gasteiger partial charge in [-0.05, 0) is 24.6 Å². The number of piperidine rings is 1. The molecule has 8 nitrogen and oxygen atoms in total. The lowest BCUT2D eigenvalue weighted by Crippen LogP contribution is -2.60. The van der Waals surface area contributed by atoms with Crippen LogP contribution in [0.25, 0.3) is 11.5 Å². The number of hydrazine groups is 1. The summed E-state index contributed by atoms with van der Waals surface area (Å²) >= 11 is 0. The van der Waals surface area contributed by atoms with Crippen LogP contribution >= 0.6 is 0 Å². The Labute approximate surface area is 188 Å². The van der Waals surface area contributed by atoms with Gasteiger partial charge in [-0.1, -0.05) is 6.07 Å². The highest BCUT2D eigenvalue weighted by Crippen LogP contribution is 2.36. The maximum atomic E-state index is 14.0. The first-order chi connectivity index (χ1) is 15.8. The fraction of sp³-hybridized carbons (Fsp3) is 0.500. The number of hydrogen-bond acceptors (Lipinski definition) is 6. The van der Waals surface area contributed by atoms with Gasteiger partial charge in [0.1, 0.15) is 12.6 Å². The number of hydrogen-bond donors (Lipinski definition) is 1. The molecule has 0 radical (unpaired) electrons. The Balaban J connectivity index is 1.57. The number of carbonyl (C=O) groups is 2. The van der Waals surface area contributed by atoms with E-state index in [1.54, 1.807) is 17.4 Å². The molecule has 2 atom stereocenters. The van der Waals surface area contributed by atoms with Gasteiger partial charge in [0.25, 0.3) is 17.7 Å². The van der Waals surface area contributed by atoms with Crippen LogP contribution in [-0.4, -0.2) is 63.3 Å². The summed E-state index contributed by atoms with van der Waals surface area (Å²) in [6.45, 7) is -0.946. The lowest BCUT2D eigenvalue weighted by molar-refractivity contribution is -0.163. The SMILES string of the molecule is CC(F)c1nnc(-c2ccc3c(c2)C(=O)N(N2CCC(F)(F)CC2C(=O)NCC(F)(F)F)C3)o1. The minimum absolute atomic E-state index is 0.0319. The molecule has 1 N–H and O–H groups in total. The summed E-state index contributed by atoms with van der Waals surface area (Å²) in [6.07, 6.45) is -7.92. The molecule has 2 unspecified atom stereocenters. The Bertz CT molecular complexity index is 1100. The van der Waals surface area contributed by atoms with E-state index in [2.05, 4.69) is 10.2 Å². The second kappa shape index (κ2) is 8.56. The van der Waals surface area contributed by atoms with Gasteiger partial charge in [-0.15, -0.1) is 10.2 Å². The topological polar surface area (TPSA) is 91.6 Å². The van der Waals surface area contributed by atoms with Gasteiger partial charge in [-0.2, -0.15) is 13.2 Å². The van der Waals surface area contributed by atoms with Crippen molar-refractivity contribution in [2.75, 3.05) is 13.1 Å². The number of halogens is 6. The van der Waals surface area contributed by atoms with Crippen LogP contribution in [0.4, 0.5) is 26.3 Å². The van der Waals surface area contributed by atoms with E-state index >= 15 is 0 Å². The molecule has 34 heavy (non-hydrogen) atoms. The predicted molar refractivity (Wildman–Crippen MR) is 103 cm³/mol. The van der Waals surface area contributed by atoms with E-state index in [1.165, 1.54) is 13.0 Å². The van der Waals surface area contributed by atoms with Gasteiger partial charge < -0.3 is 9.73 Å². The molecule has 0 spiro atoms. The van der Waals surface area contributed by atoms with E-state index in [1.807, 2.05) is 0 Å². The normalized spacial score (nSPS) is 21.4. The number of amides is 2. The van der Waals surface area contributed by atoms with Crippen molar-refractivity contribution in [1.29, 1.82) is 0 Å². The number of nitrogens with zero attached hydrogens (tertiary/aromatic N) is 4. The van der Waals surface area contributed by atoms with Crippen LogP contribution in [0.3, 0.4) is 0 Å². The summed E-state index contributed by atoms with van der Waals surface area (Å²) in [4.78, 5) is 25.5. The number of nitrogens with one attached hydrogen (secondary N) is 1. The van der Waals surface area contributed by atoms with Crippen molar-refractivity contribution < 1.29 is 40.3 Å². The highest BCUT2D eigenvalue weighted by molar-refractivity contribution is 5.99. The Kier molecular flexibility index (Phi) is 6.04. The van der Waals surface area contributed by atoms with Crippen molar-refractivity contribution in [3.8, 4) is 11.5 Å². The molecule has 184 valence electrons. The molecule has 0 saturated carbocycles. The average Bonchev–Trinajstić information content (AvgIpc) is 3.36. The maximum Gasteiger partial charge on any atom is 0.405 e. The fourth-order valence-corrected chi connectivity index (χ4v) is 3.88. The zero-order chi connectivity index (χ0) is 24.8. The summed E-state index contributed by atoms with van der Waals surface area (Å²) in [5, 5.41) is 11.1. The molecule has 0 aliphatic carbocycles. The first kappa shape index (κ1) is 24.0. The largest absolute Gasteiger partial charge is 0.418 e. The standard InChI is InChI=1S/C20H19F6N5O3/c1-10(21)16-28-29-17(34-16)11-2-3-12-8-31(18(33)13(12)6-11)30-5-4-19(22,23)7-14(30)15(32)27-9-20(24,25)26/h2-3,6,10,14H,4-5,7-9H2,1H3,(H,27,32). The average molecular weight is 491 g/mol. The Morgan fingerprint density at radius 1 is 1.32 bits per heavy atom. The van der Waals surface area contributed by atoms with Crippen molar-refractivity contribution >= 4 is 11.8 Å². The van der Waals surface area contributed by atoms with Gasteiger partial charge in [-0.3, -0.25) is 14.6 Å². The van der Waals surface area contributed by atoms with Crippen LogP contribution in [0.1, 0.15) is 47.7 Å². The molecule has 2 aliphatic rings. The molecule has 0 bridgehead atoms. The molecule has 3 heterocycles. The number of alkyl halides is 6. The van der Waals surface area contributed by atoms with E-state index in [9.17, 15) is 35.9 Å². The third-order valence-corrected chi connectivity index (χ3v) is 5.56. The maximum absolute atomic E-state index is 14.0. The van der Waals surface area contributed by atoms with E-state index in [0.717, 1.165) is 10.0 Å². The molecule has 4 rings (SSSR count). The molecule has 2 aliphatic heterocycles. The molecule has 1 fully saturated rings. The quantitative estimate of drug-likeness (QED) is 0.645. The Morgan fingerprint density at radius 3 is 2.71 bits per heavy atom. The number of aromatic nitrogens is 2. The Morgan fingerprint density at radius 2 is 2.06 bits per heavy atom. The van der Waals surface area contributed by atoms with Crippen LogP contribution in [0.2, 0.25) is 0 Å². The summed E-state index contributed by atoms with van der Waals surface area (Å²) in [5.74, 6) is -5.43. The molecule has 1 saturated heterocycles. The minimum atomic E-state index is -4.72. The minimum Gasteiger partial charge on any atom is -0.418 e. The van der Waals surface area contributed by atoms with Crippen LogP contribution in [0, 0.1) is 0 Å². The van der Waals surface area contributed by atoms with Gasteiger partial charge >= 0.3 is 6.18 Å². The fourth-order valence-electron chi connectivity index (χ4n) is 3.88. The van der Waals surface area contributed by atoms with Crippen molar-refractivity contribution in [2.24, 2.45) is 0 Å².